The zero-order valence-electron chi connectivity index (χ0n) is 6.35. The fourth-order valence-electron chi connectivity index (χ4n) is 0.456. The van der Waals surface area contributed by atoms with Crippen molar-refractivity contribution in [2.75, 3.05) is 0 Å². The molecule has 0 rings (SSSR count). The third kappa shape index (κ3) is 5.75. The van der Waals surface area contributed by atoms with Crippen molar-refractivity contribution in [3.63, 3.8) is 0 Å². The Morgan fingerprint density at radius 3 is 2.11 bits per heavy atom. The minimum Gasteiger partial charge on any atom is -0.399 e. The van der Waals surface area contributed by atoms with Crippen LogP contribution in [0.1, 0.15) is 0 Å². The maximum absolute atomic E-state index is 5.45. The maximum Gasteiger partial charge on any atom is 0.186 e. The van der Waals surface area contributed by atoms with E-state index in [1.807, 2.05) is 0 Å². The average Bonchev–Trinajstić information content (AvgIpc) is 1.62. The van der Waals surface area contributed by atoms with E-state index in [0.717, 1.165) is 0 Å². The predicted molar refractivity (Wildman–Crippen MR) is 42.6 cm³/mol. The Bertz CT molecular complexity index is 97.7. The van der Waals surface area contributed by atoms with Gasteiger partial charge in [-0.2, -0.15) is 0 Å². The van der Waals surface area contributed by atoms with Gasteiger partial charge in [0.1, 0.15) is 6.23 Å². The molecule has 0 aliphatic carbocycles. The van der Waals surface area contributed by atoms with E-state index >= 15 is 0 Å². The number of hydrogen-bond donors (Lipinski definition) is 1. The van der Waals surface area contributed by atoms with Crippen LogP contribution in [0.2, 0.25) is 19.6 Å². The van der Waals surface area contributed by atoms with Gasteiger partial charge in [0.15, 0.2) is 8.32 Å². The highest BCUT2D eigenvalue weighted by molar-refractivity contribution is 6.69. The first-order valence-corrected chi connectivity index (χ1v) is 6.42. The van der Waals surface area contributed by atoms with E-state index in [9.17, 15) is 0 Å². The lowest BCUT2D eigenvalue weighted by atomic mass is 10.6. The van der Waals surface area contributed by atoms with Gasteiger partial charge in [-0.15, -0.1) is 0 Å². The second-order valence-corrected chi connectivity index (χ2v) is 7.39. The van der Waals surface area contributed by atoms with E-state index in [2.05, 4.69) is 26.2 Å². The molecule has 0 aliphatic heterocycles. The molecular weight excluding hydrogens is 130 g/mol. The summed E-state index contributed by atoms with van der Waals surface area (Å²) in [5.74, 6) is 0. The van der Waals surface area contributed by atoms with Crippen LogP contribution in [0, 0.1) is 0 Å². The molecule has 0 fully saturated rings. The lowest BCUT2D eigenvalue weighted by molar-refractivity contribution is 0.251. The SMILES string of the molecule is C=CC(N)O[Si](C)(C)C. The topological polar surface area (TPSA) is 35.2 Å². The van der Waals surface area contributed by atoms with Gasteiger partial charge in [0, 0.05) is 0 Å². The summed E-state index contributed by atoms with van der Waals surface area (Å²) in [4.78, 5) is 0. The van der Waals surface area contributed by atoms with E-state index in [0.29, 0.717) is 0 Å². The molecule has 0 bridgehead atoms. The van der Waals surface area contributed by atoms with E-state index < -0.39 is 8.32 Å². The third-order valence-electron chi connectivity index (χ3n) is 0.722. The van der Waals surface area contributed by atoms with Crippen molar-refractivity contribution in [2.45, 2.75) is 25.9 Å². The molecule has 0 aromatic carbocycles. The van der Waals surface area contributed by atoms with Crippen LogP contribution in [0.15, 0.2) is 12.7 Å². The summed E-state index contributed by atoms with van der Waals surface area (Å²) in [5.41, 5.74) is 5.45. The lowest BCUT2D eigenvalue weighted by Gasteiger charge is -2.20. The standard InChI is InChI=1S/C6H15NOSi/c1-5-6(7)8-9(2,3)4/h5-6H,1,7H2,2-4H3. The predicted octanol–water partition coefficient (Wildman–Crippen LogP) is 1.31. The van der Waals surface area contributed by atoms with Crippen molar-refractivity contribution in [3.8, 4) is 0 Å². The van der Waals surface area contributed by atoms with Crippen LogP contribution >= 0.6 is 0 Å². The summed E-state index contributed by atoms with van der Waals surface area (Å²) < 4.78 is 5.39. The van der Waals surface area contributed by atoms with E-state index in [-0.39, 0.29) is 6.23 Å². The van der Waals surface area contributed by atoms with Gasteiger partial charge in [-0.1, -0.05) is 6.58 Å². The van der Waals surface area contributed by atoms with Crippen LogP contribution in [0.3, 0.4) is 0 Å². The normalized spacial score (nSPS) is 15.1. The van der Waals surface area contributed by atoms with Gasteiger partial charge < -0.3 is 10.2 Å². The molecule has 1 atom stereocenters. The summed E-state index contributed by atoms with van der Waals surface area (Å²) >= 11 is 0. The molecule has 54 valence electrons. The summed E-state index contributed by atoms with van der Waals surface area (Å²) in [6.45, 7) is 9.80. The second-order valence-electron chi connectivity index (χ2n) is 2.93. The fourth-order valence-corrected chi connectivity index (χ4v) is 1.37. The highest BCUT2D eigenvalue weighted by Crippen LogP contribution is 2.03. The Kier molecular flexibility index (Phi) is 3.11. The van der Waals surface area contributed by atoms with E-state index in [1.165, 1.54) is 0 Å². The van der Waals surface area contributed by atoms with Crippen molar-refractivity contribution in [1.29, 1.82) is 0 Å². The molecule has 2 N–H and O–H groups in total. The summed E-state index contributed by atoms with van der Waals surface area (Å²) in [7, 11) is -1.44. The molecule has 0 heterocycles. The molecule has 1 unspecified atom stereocenters. The molecule has 0 saturated carbocycles. The van der Waals surface area contributed by atoms with Crippen LogP contribution in [0.5, 0.6) is 0 Å². The van der Waals surface area contributed by atoms with Crippen LogP contribution < -0.4 is 5.73 Å². The molecule has 0 radical (unpaired) electrons. The molecule has 0 aromatic heterocycles. The summed E-state index contributed by atoms with van der Waals surface area (Å²) in [6.07, 6.45) is 1.33. The Balaban J connectivity index is 3.59. The average molecular weight is 145 g/mol. The smallest absolute Gasteiger partial charge is 0.186 e. The Morgan fingerprint density at radius 1 is 1.56 bits per heavy atom. The monoisotopic (exact) mass is 145 g/mol. The van der Waals surface area contributed by atoms with Crippen molar-refractivity contribution in [3.05, 3.63) is 12.7 Å². The lowest BCUT2D eigenvalue weighted by Crippen LogP contribution is -2.35. The maximum atomic E-state index is 5.45. The van der Waals surface area contributed by atoms with Gasteiger partial charge >= 0.3 is 0 Å². The van der Waals surface area contributed by atoms with Gasteiger partial charge in [-0.3, -0.25) is 0 Å². The van der Waals surface area contributed by atoms with Crippen LogP contribution in [-0.2, 0) is 4.43 Å². The van der Waals surface area contributed by atoms with E-state index in [1.54, 1.807) is 6.08 Å². The molecule has 0 spiro atoms. The third-order valence-corrected chi connectivity index (χ3v) is 1.70. The second kappa shape index (κ2) is 3.15. The van der Waals surface area contributed by atoms with Crippen LogP contribution in [0.25, 0.3) is 0 Å². The summed E-state index contributed by atoms with van der Waals surface area (Å²) in [5, 5.41) is 0. The van der Waals surface area contributed by atoms with Gasteiger partial charge in [-0.05, 0) is 25.7 Å². The minimum atomic E-state index is -1.44. The fraction of sp³-hybridized carbons (Fsp3) is 0.667. The van der Waals surface area contributed by atoms with Gasteiger partial charge in [0.05, 0.1) is 0 Å². The quantitative estimate of drug-likeness (QED) is 0.369. The van der Waals surface area contributed by atoms with Crippen molar-refractivity contribution in [2.24, 2.45) is 5.73 Å². The van der Waals surface area contributed by atoms with Crippen LogP contribution in [0.4, 0.5) is 0 Å². The molecule has 2 nitrogen and oxygen atoms in total. The molecule has 9 heavy (non-hydrogen) atoms. The number of nitrogens with two attached hydrogens (primary N) is 1. The zero-order chi connectivity index (χ0) is 7.49. The molecule has 0 saturated heterocycles. The first-order valence-electron chi connectivity index (χ1n) is 3.01. The number of rotatable bonds is 3. The highest BCUT2D eigenvalue weighted by Gasteiger charge is 2.16. The number of hydrogen-bond acceptors (Lipinski definition) is 2. The largest absolute Gasteiger partial charge is 0.399 e. The van der Waals surface area contributed by atoms with E-state index in [4.69, 9.17) is 10.2 Å². The molecule has 3 heteroatoms. The van der Waals surface area contributed by atoms with Crippen molar-refractivity contribution < 1.29 is 4.43 Å². The molecule has 0 aliphatic rings. The molecular formula is C6H15NOSi. The highest BCUT2D eigenvalue weighted by atomic mass is 28.4. The Labute approximate surface area is 57.8 Å². The molecule has 0 amide bonds. The van der Waals surface area contributed by atoms with Gasteiger partial charge in [-0.25, -0.2) is 0 Å². The first-order chi connectivity index (χ1) is 3.95. The summed E-state index contributed by atoms with van der Waals surface area (Å²) in [6, 6.07) is 0. The Morgan fingerprint density at radius 2 is 2.00 bits per heavy atom. The van der Waals surface area contributed by atoms with Gasteiger partial charge in [0.25, 0.3) is 0 Å². The zero-order valence-corrected chi connectivity index (χ0v) is 7.35. The minimum absolute atomic E-state index is 0.281. The van der Waals surface area contributed by atoms with Crippen molar-refractivity contribution in [1.82, 2.24) is 0 Å². The van der Waals surface area contributed by atoms with Crippen LogP contribution in [-0.4, -0.2) is 14.5 Å². The Hall–Kier alpha value is -0.123. The van der Waals surface area contributed by atoms with Crippen molar-refractivity contribution >= 4 is 8.32 Å². The molecule has 0 aromatic rings. The van der Waals surface area contributed by atoms with Gasteiger partial charge in [0.2, 0.25) is 0 Å². The first kappa shape index (κ1) is 8.88.